The molecule has 0 aromatic heterocycles. The van der Waals surface area contributed by atoms with Gasteiger partial charge in [0, 0.05) is 43.9 Å². The van der Waals surface area contributed by atoms with Crippen LogP contribution in [0, 0.1) is 17.8 Å². The third-order valence-electron chi connectivity index (χ3n) is 6.79. The monoisotopic (exact) mass is 398 g/mol. The van der Waals surface area contributed by atoms with Gasteiger partial charge in [-0.05, 0) is 31.2 Å². The predicted molar refractivity (Wildman–Crippen MR) is 110 cm³/mol. The maximum atomic E-state index is 12.0. The van der Waals surface area contributed by atoms with Gasteiger partial charge < -0.3 is 15.2 Å². The Kier molecular flexibility index (Phi) is 6.01. The molecule has 156 valence electrons. The van der Waals surface area contributed by atoms with E-state index in [0.29, 0.717) is 23.9 Å². The van der Waals surface area contributed by atoms with E-state index in [1.807, 2.05) is 6.07 Å². The highest BCUT2D eigenvalue weighted by Crippen LogP contribution is 2.54. The molecule has 3 aliphatic heterocycles. The van der Waals surface area contributed by atoms with Crippen molar-refractivity contribution >= 4 is 18.5 Å². The Morgan fingerprint density at radius 3 is 2.76 bits per heavy atom. The van der Waals surface area contributed by atoms with Crippen molar-refractivity contribution in [1.29, 1.82) is 0 Å². The molecule has 0 radical (unpaired) electrons. The van der Waals surface area contributed by atoms with E-state index >= 15 is 0 Å². The van der Waals surface area contributed by atoms with Gasteiger partial charge >= 0.3 is 0 Å². The van der Waals surface area contributed by atoms with Crippen LogP contribution in [0.15, 0.2) is 36.4 Å². The van der Waals surface area contributed by atoms with Crippen LogP contribution < -0.4 is 5.32 Å². The smallest absolute Gasteiger partial charge is 0.290 e. The minimum absolute atomic E-state index is 0.0558. The number of likely N-dealkylation sites (tertiary alicyclic amines) is 1. The molecule has 1 spiro atoms. The van der Waals surface area contributed by atoms with Crippen molar-refractivity contribution in [2.24, 2.45) is 17.8 Å². The number of carbonyl (C=O) groups is 2. The van der Waals surface area contributed by atoms with Crippen LogP contribution in [0.25, 0.3) is 6.08 Å². The van der Waals surface area contributed by atoms with Crippen molar-refractivity contribution in [3.05, 3.63) is 42.0 Å². The maximum absolute atomic E-state index is 12.0. The van der Waals surface area contributed by atoms with Gasteiger partial charge in [0.15, 0.2) is 0 Å². The summed E-state index contributed by atoms with van der Waals surface area (Å²) in [4.78, 5) is 22.9. The van der Waals surface area contributed by atoms with Crippen LogP contribution >= 0.6 is 0 Å². The van der Waals surface area contributed by atoms with E-state index in [4.69, 9.17) is 14.6 Å². The molecule has 4 atom stereocenters. The number of amides is 1. The summed E-state index contributed by atoms with van der Waals surface area (Å²) in [7, 11) is 0. The summed E-state index contributed by atoms with van der Waals surface area (Å²) in [5, 5.41) is 10.1. The second kappa shape index (κ2) is 8.67. The van der Waals surface area contributed by atoms with Gasteiger partial charge in [-0.15, -0.1) is 0 Å². The molecule has 29 heavy (non-hydrogen) atoms. The van der Waals surface area contributed by atoms with Crippen molar-refractivity contribution in [2.45, 2.75) is 37.4 Å². The summed E-state index contributed by atoms with van der Waals surface area (Å²) in [6.07, 6.45) is 9.33. The van der Waals surface area contributed by atoms with E-state index in [0.717, 1.165) is 45.4 Å². The summed E-state index contributed by atoms with van der Waals surface area (Å²) in [6.45, 7) is 3.67. The highest BCUT2D eigenvalue weighted by atomic mass is 16.5. The second-order valence-corrected chi connectivity index (χ2v) is 8.66. The van der Waals surface area contributed by atoms with Gasteiger partial charge in [-0.3, -0.25) is 14.5 Å². The third-order valence-corrected chi connectivity index (χ3v) is 6.79. The lowest BCUT2D eigenvalue weighted by atomic mass is 9.73. The van der Waals surface area contributed by atoms with E-state index in [9.17, 15) is 4.79 Å². The first-order valence-corrected chi connectivity index (χ1v) is 10.6. The van der Waals surface area contributed by atoms with Gasteiger partial charge in [-0.25, -0.2) is 0 Å². The first kappa shape index (κ1) is 20.1. The minimum Gasteiger partial charge on any atom is -0.483 e. The van der Waals surface area contributed by atoms with E-state index in [2.05, 4.69) is 46.6 Å². The number of hydrogen-bond donors (Lipinski definition) is 2. The molecule has 3 heterocycles. The SMILES string of the molecule is O=C(NC[C@H]1[C@H]2CN(C/C=C/c3ccccc3)C[C@]23CC[C@H]1O3)C1CC1.O=CO. The lowest BCUT2D eigenvalue weighted by Crippen LogP contribution is -2.42. The maximum Gasteiger partial charge on any atom is 0.290 e. The Balaban J connectivity index is 0.000000645. The largest absolute Gasteiger partial charge is 0.483 e. The number of ether oxygens (including phenoxy) is 1. The van der Waals surface area contributed by atoms with Crippen LogP contribution in [0.5, 0.6) is 0 Å². The molecule has 1 saturated carbocycles. The molecule has 0 unspecified atom stereocenters. The van der Waals surface area contributed by atoms with E-state index in [1.54, 1.807) is 0 Å². The van der Waals surface area contributed by atoms with Crippen LogP contribution in [-0.2, 0) is 14.3 Å². The van der Waals surface area contributed by atoms with Gasteiger partial charge in [0.2, 0.25) is 5.91 Å². The molecule has 1 aromatic rings. The average molecular weight is 399 g/mol. The van der Waals surface area contributed by atoms with Crippen molar-refractivity contribution in [3.8, 4) is 0 Å². The molecule has 5 rings (SSSR count). The zero-order valence-corrected chi connectivity index (χ0v) is 16.7. The lowest BCUT2D eigenvalue weighted by Gasteiger charge is -2.29. The molecule has 4 aliphatic rings. The number of rotatable bonds is 6. The second-order valence-electron chi connectivity index (χ2n) is 8.66. The number of carbonyl (C=O) groups excluding carboxylic acids is 1. The number of carboxylic acid groups (broad SMARTS) is 1. The number of nitrogens with zero attached hydrogens (tertiary/aromatic N) is 1. The van der Waals surface area contributed by atoms with Crippen LogP contribution in [0.4, 0.5) is 0 Å². The molecular formula is C23H30N2O4. The van der Waals surface area contributed by atoms with E-state index in [-0.39, 0.29) is 18.0 Å². The molecule has 4 fully saturated rings. The van der Waals surface area contributed by atoms with Crippen molar-refractivity contribution < 1.29 is 19.4 Å². The molecule has 6 nitrogen and oxygen atoms in total. The summed E-state index contributed by atoms with van der Waals surface area (Å²) in [6, 6.07) is 10.5. The first-order valence-electron chi connectivity index (χ1n) is 10.6. The van der Waals surface area contributed by atoms with Crippen molar-refractivity contribution in [3.63, 3.8) is 0 Å². The molecule has 6 heteroatoms. The summed E-state index contributed by atoms with van der Waals surface area (Å²) >= 11 is 0. The molecule has 3 saturated heterocycles. The predicted octanol–water partition coefficient (Wildman–Crippen LogP) is 2.41. The van der Waals surface area contributed by atoms with Crippen molar-refractivity contribution in [1.82, 2.24) is 10.2 Å². The van der Waals surface area contributed by atoms with Crippen LogP contribution in [0.3, 0.4) is 0 Å². The van der Waals surface area contributed by atoms with Gasteiger partial charge in [-0.2, -0.15) is 0 Å². The Hall–Kier alpha value is -2.18. The third kappa shape index (κ3) is 4.38. The van der Waals surface area contributed by atoms with Gasteiger partial charge in [0.1, 0.15) is 0 Å². The van der Waals surface area contributed by atoms with E-state index < -0.39 is 0 Å². The molecule has 2 bridgehead atoms. The Bertz CT molecular complexity index is 749. The highest BCUT2D eigenvalue weighted by molar-refractivity contribution is 5.80. The first-order chi connectivity index (χ1) is 14.1. The fraction of sp³-hybridized carbons (Fsp3) is 0.565. The zero-order valence-electron chi connectivity index (χ0n) is 16.7. The average Bonchev–Trinajstić information content (AvgIpc) is 3.32. The Labute approximate surface area is 171 Å². The fourth-order valence-corrected chi connectivity index (χ4v) is 5.31. The molecule has 1 aromatic carbocycles. The topological polar surface area (TPSA) is 78.9 Å². The zero-order chi connectivity index (χ0) is 20.3. The van der Waals surface area contributed by atoms with Crippen LogP contribution in [-0.4, -0.2) is 60.3 Å². The standard InChI is InChI=1S/C22H28N2O2.CH2O2/c25-21(17-8-9-17)23-13-18-19-14-24(15-22(19)11-10-20(18)26-22)12-4-7-16-5-2-1-3-6-16;2-1-3/h1-7,17-20H,8-15H2,(H,23,25);1H,(H,2,3)/b7-4+;/t18-,19+,20+,22+;/m0./s1. The molecular weight excluding hydrogens is 368 g/mol. The van der Waals surface area contributed by atoms with Gasteiger partial charge in [0.05, 0.1) is 11.7 Å². The fourth-order valence-electron chi connectivity index (χ4n) is 5.31. The number of benzene rings is 1. The number of nitrogens with one attached hydrogen (secondary N) is 1. The normalized spacial score (nSPS) is 32.6. The summed E-state index contributed by atoms with van der Waals surface area (Å²) in [5.74, 6) is 1.63. The van der Waals surface area contributed by atoms with Crippen LogP contribution in [0.2, 0.25) is 0 Å². The molecule has 1 amide bonds. The number of hydrogen-bond acceptors (Lipinski definition) is 4. The lowest BCUT2D eigenvalue weighted by molar-refractivity contribution is -0.123. The van der Waals surface area contributed by atoms with Crippen molar-refractivity contribution in [2.75, 3.05) is 26.2 Å². The number of fused-ring (bicyclic) bond motifs is 1. The van der Waals surface area contributed by atoms with Crippen LogP contribution in [0.1, 0.15) is 31.2 Å². The quantitative estimate of drug-likeness (QED) is 0.720. The molecule has 2 N–H and O–H groups in total. The Morgan fingerprint density at radius 2 is 2.03 bits per heavy atom. The molecule has 1 aliphatic carbocycles. The highest BCUT2D eigenvalue weighted by Gasteiger charge is 2.62. The van der Waals surface area contributed by atoms with E-state index in [1.165, 1.54) is 12.0 Å². The van der Waals surface area contributed by atoms with Gasteiger partial charge in [-0.1, -0.05) is 42.5 Å². The summed E-state index contributed by atoms with van der Waals surface area (Å²) < 4.78 is 6.48. The summed E-state index contributed by atoms with van der Waals surface area (Å²) in [5.41, 5.74) is 1.31. The van der Waals surface area contributed by atoms with Gasteiger partial charge in [0.25, 0.3) is 6.47 Å². The minimum atomic E-state index is -0.250. The Morgan fingerprint density at radius 1 is 1.28 bits per heavy atom.